The van der Waals surface area contributed by atoms with Crippen LogP contribution < -0.4 is 15.4 Å². The summed E-state index contributed by atoms with van der Waals surface area (Å²) in [6, 6.07) is 3.77. The van der Waals surface area contributed by atoms with E-state index in [1.165, 1.54) is 12.1 Å². The second-order valence-corrected chi connectivity index (χ2v) is 4.81. The third-order valence-electron chi connectivity index (χ3n) is 2.48. The van der Waals surface area contributed by atoms with Crippen LogP contribution >= 0.6 is 11.6 Å². The lowest BCUT2D eigenvalue weighted by Crippen LogP contribution is -2.32. The van der Waals surface area contributed by atoms with E-state index in [0.29, 0.717) is 18.5 Å². The van der Waals surface area contributed by atoms with E-state index in [2.05, 4.69) is 17.2 Å². The van der Waals surface area contributed by atoms with Crippen molar-refractivity contribution in [3.8, 4) is 5.75 Å². The minimum Gasteiger partial charge on any atom is -0.484 e. The van der Waals surface area contributed by atoms with Crippen LogP contribution in [0.15, 0.2) is 30.5 Å². The minimum absolute atomic E-state index is 0.0168. The molecule has 114 valence electrons. The van der Waals surface area contributed by atoms with Crippen LogP contribution in [0.2, 0.25) is 5.02 Å². The summed E-state index contributed by atoms with van der Waals surface area (Å²) >= 11 is 5.53. The molecule has 7 heteroatoms. The summed E-state index contributed by atoms with van der Waals surface area (Å²) in [5, 5.41) is 5.06. The first-order valence-corrected chi connectivity index (χ1v) is 6.55. The maximum atomic E-state index is 13.2. The monoisotopic (exact) mass is 314 g/mol. The van der Waals surface area contributed by atoms with Crippen LogP contribution in [0.5, 0.6) is 5.75 Å². The van der Waals surface area contributed by atoms with Gasteiger partial charge in [0, 0.05) is 24.2 Å². The number of carbonyl (C=O) groups is 2. The molecule has 0 radical (unpaired) electrons. The summed E-state index contributed by atoms with van der Waals surface area (Å²) in [4.78, 5) is 21.9. The SMILES string of the molecule is C=C(CC(C)NC=O)NC(=O)COc1ccc(Cl)c(F)c1. The normalized spacial score (nSPS) is 11.4. The maximum absolute atomic E-state index is 13.2. The van der Waals surface area contributed by atoms with Crippen molar-refractivity contribution in [1.82, 2.24) is 10.6 Å². The molecule has 1 aromatic carbocycles. The van der Waals surface area contributed by atoms with Gasteiger partial charge in [-0.2, -0.15) is 0 Å². The maximum Gasteiger partial charge on any atom is 0.262 e. The van der Waals surface area contributed by atoms with Gasteiger partial charge in [0.15, 0.2) is 6.61 Å². The molecule has 5 nitrogen and oxygen atoms in total. The topological polar surface area (TPSA) is 67.4 Å². The van der Waals surface area contributed by atoms with E-state index in [1.54, 1.807) is 6.92 Å². The molecular weight excluding hydrogens is 299 g/mol. The number of hydrogen-bond acceptors (Lipinski definition) is 3. The fourth-order valence-corrected chi connectivity index (χ4v) is 1.66. The summed E-state index contributed by atoms with van der Waals surface area (Å²) in [6.45, 7) is 5.17. The Labute approximate surface area is 127 Å². The first kappa shape index (κ1) is 17.0. The predicted molar refractivity (Wildman–Crippen MR) is 77.5 cm³/mol. The molecule has 0 saturated heterocycles. The number of hydrogen-bond donors (Lipinski definition) is 2. The van der Waals surface area contributed by atoms with Gasteiger partial charge in [0.05, 0.1) is 5.02 Å². The number of rotatable bonds is 8. The zero-order chi connectivity index (χ0) is 15.8. The highest BCUT2D eigenvalue weighted by Gasteiger charge is 2.08. The van der Waals surface area contributed by atoms with Crippen molar-refractivity contribution in [2.75, 3.05) is 6.61 Å². The van der Waals surface area contributed by atoms with Gasteiger partial charge in [-0.05, 0) is 19.1 Å². The molecule has 0 saturated carbocycles. The predicted octanol–water partition coefficient (Wildman–Crippen LogP) is 2.01. The summed E-state index contributed by atoms with van der Waals surface area (Å²) in [7, 11) is 0. The fourth-order valence-electron chi connectivity index (χ4n) is 1.54. The summed E-state index contributed by atoms with van der Waals surface area (Å²) < 4.78 is 18.3. The zero-order valence-corrected chi connectivity index (χ0v) is 12.2. The number of halogens is 2. The quantitative estimate of drug-likeness (QED) is 0.721. The molecule has 0 aliphatic heterocycles. The molecule has 0 spiro atoms. The molecule has 2 N–H and O–H groups in total. The van der Waals surface area contributed by atoms with E-state index in [9.17, 15) is 14.0 Å². The molecule has 0 bridgehead atoms. The molecule has 0 aliphatic rings. The molecule has 0 fully saturated rings. The Morgan fingerprint density at radius 2 is 2.29 bits per heavy atom. The Balaban J connectivity index is 2.38. The molecule has 2 amide bonds. The van der Waals surface area contributed by atoms with Crippen molar-refractivity contribution >= 4 is 23.9 Å². The lowest BCUT2D eigenvalue weighted by Gasteiger charge is -2.13. The molecule has 1 unspecified atom stereocenters. The van der Waals surface area contributed by atoms with Crippen LogP contribution in [-0.4, -0.2) is 25.0 Å². The van der Waals surface area contributed by atoms with E-state index in [1.807, 2.05) is 0 Å². The van der Waals surface area contributed by atoms with E-state index in [-0.39, 0.29) is 23.4 Å². The summed E-state index contributed by atoms with van der Waals surface area (Å²) in [5.41, 5.74) is 0.452. The van der Waals surface area contributed by atoms with Crippen LogP contribution in [0.3, 0.4) is 0 Å². The van der Waals surface area contributed by atoms with Gasteiger partial charge in [0.1, 0.15) is 11.6 Å². The Morgan fingerprint density at radius 1 is 1.57 bits per heavy atom. The Morgan fingerprint density at radius 3 is 2.90 bits per heavy atom. The number of nitrogens with one attached hydrogen (secondary N) is 2. The van der Waals surface area contributed by atoms with E-state index in [4.69, 9.17) is 16.3 Å². The van der Waals surface area contributed by atoms with E-state index < -0.39 is 11.7 Å². The van der Waals surface area contributed by atoms with Crippen molar-refractivity contribution in [2.24, 2.45) is 0 Å². The zero-order valence-electron chi connectivity index (χ0n) is 11.5. The second-order valence-electron chi connectivity index (χ2n) is 4.41. The van der Waals surface area contributed by atoms with Crippen molar-refractivity contribution in [2.45, 2.75) is 19.4 Å². The Bertz CT molecular complexity index is 537. The highest BCUT2D eigenvalue weighted by atomic mass is 35.5. The van der Waals surface area contributed by atoms with Gasteiger partial charge >= 0.3 is 0 Å². The molecule has 1 rings (SSSR count). The number of amides is 2. The fraction of sp³-hybridized carbons (Fsp3) is 0.286. The number of carbonyl (C=O) groups excluding carboxylic acids is 2. The van der Waals surface area contributed by atoms with Crippen molar-refractivity contribution in [1.29, 1.82) is 0 Å². The molecule has 1 atom stereocenters. The van der Waals surface area contributed by atoms with Gasteiger partial charge in [-0.3, -0.25) is 9.59 Å². The molecular formula is C14H16ClFN2O3. The van der Waals surface area contributed by atoms with Crippen LogP contribution in [0.4, 0.5) is 4.39 Å². The van der Waals surface area contributed by atoms with Crippen LogP contribution in [0.1, 0.15) is 13.3 Å². The van der Waals surface area contributed by atoms with Crippen LogP contribution in [-0.2, 0) is 9.59 Å². The lowest BCUT2D eigenvalue weighted by atomic mass is 10.2. The second kappa shape index (κ2) is 8.26. The highest BCUT2D eigenvalue weighted by Crippen LogP contribution is 2.20. The summed E-state index contributed by atoms with van der Waals surface area (Å²) in [6.07, 6.45) is 0.984. The van der Waals surface area contributed by atoms with Crippen molar-refractivity contribution in [3.05, 3.63) is 41.3 Å². The number of benzene rings is 1. The lowest BCUT2D eigenvalue weighted by molar-refractivity contribution is -0.122. The molecule has 0 heterocycles. The van der Waals surface area contributed by atoms with E-state index >= 15 is 0 Å². The Kier molecular flexibility index (Phi) is 6.68. The van der Waals surface area contributed by atoms with Crippen molar-refractivity contribution in [3.63, 3.8) is 0 Å². The standard InChI is InChI=1S/C14H16ClFN2O3/c1-9(17-8-19)5-10(2)18-14(20)7-21-11-3-4-12(15)13(16)6-11/h3-4,6,8-9H,2,5,7H2,1H3,(H,17,19)(H,18,20). The largest absolute Gasteiger partial charge is 0.484 e. The molecule has 1 aromatic rings. The third-order valence-corrected chi connectivity index (χ3v) is 2.79. The van der Waals surface area contributed by atoms with Gasteiger partial charge < -0.3 is 15.4 Å². The third kappa shape index (κ3) is 6.27. The molecule has 0 aliphatic carbocycles. The van der Waals surface area contributed by atoms with Gasteiger partial charge in [-0.15, -0.1) is 0 Å². The number of ether oxygens (including phenoxy) is 1. The minimum atomic E-state index is -0.618. The Hall–Kier alpha value is -2.08. The smallest absolute Gasteiger partial charge is 0.262 e. The van der Waals surface area contributed by atoms with Crippen molar-refractivity contribution < 1.29 is 18.7 Å². The first-order valence-electron chi connectivity index (χ1n) is 6.17. The average Bonchev–Trinajstić information content (AvgIpc) is 2.40. The molecule has 21 heavy (non-hydrogen) atoms. The van der Waals surface area contributed by atoms with Gasteiger partial charge in [0.25, 0.3) is 5.91 Å². The van der Waals surface area contributed by atoms with Crippen LogP contribution in [0.25, 0.3) is 0 Å². The van der Waals surface area contributed by atoms with Gasteiger partial charge in [-0.25, -0.2) is 4.39 Å². The van der Waals surface area contributed by atoms with Gasteiger partial charge in [-0.1, -0.05) is 18.2 Å². The first-order chi connectivity index (χ1) is 9.92. The molecule has 0 aromatic heterocycles. The average molecular weight is 315 g/mol. The van der Waals surface area contributed by atoms with Gasteiger partial charge in [0.2, 0.25) is 6.41 Å². The summed E-state index contributed by atoms with van der Waals surface area (Å²) in [5.74, 6) is -0.838. The van der Waals surface area contributed by atoms with E-state index in [0.717, 1.165) is 6.07 Å². The van der Waals surface area contributed by atoms with Crippen LogP contribution in [0, 0.1) is 5.82 Å². The highest BCUT2D eigenvalue weighted by molar-refractivity contribution is 6.30.